The minimum atomic E-state index is -1.01. The van der Waals surface area contributed by atoms with Crippen LogP contribution in [0.4, 0.5) is 5.69 Å². The van der Waals surface area contributed by atoms with Crippen LogP contribution in [0.15, 0.2) is 24.3 Å². The molecule has 4 atom stereocenters. The number of hydrogen-bond acceptors (Lipinski definition) is 9. The monoisotopic (exact) mass is 425 g/mol. The number of amides is 1. The fourth-order valence-electron chi connectivity index (χ4n) is 2.76. The van der Waals surface area contributed by atoms with Gasteiger partial charge < -0.3 is 24.3 Å². The SMILES string of the molecule is CC(=O)Nc1ccc(O[C@@H]2SC[C@@H](OC(C)=O)[C@H](OC(C)=O)[C@H]2OC(C)=O)cc1. The van der Waals surface area contributed by atoms with Gasteiger partial charge in [-0.1, -0.05) is 0 Å². The Morgan fingerprint density at radius 1 is 0.862 bits per heavy atom. The number of ether oxygens (including phenoxy) is 4. The molecule has 1 aliphatic heterocycles. The molecular weight excluding hydrogens is 402 g/mol. The van der Waals surface area contributed by atoms with E-state index in [2.05, 4.69) is 5.32 Å². The second kappa shape index (κ2) is 10.1. The van der Waals surface area contributed by atoms with Gasteiger partial charge in [-0.15, -0.1) is 11.8 Å². The highest BCUT2D eigenvalue weighted by Gasteiger charge is 2.47. The molecule has 1 fully saturated rings. The lowest BCUT2D eigenvalue weighted by atomic mass is 10.1. The Balaban J connectivity index is 2.22. The number of nitrogens with one attached hydrogen (secondary N) is 1. The fourth-order valence-corrected chi connectivity index (χ4v) is 3.98. The molecule has 1 aromatic rings. The average Bonchev–Trinajstić information content (AvgIpc) is 2.60. The topological polar surface area (TPSA) is 117 Å². The molecule has 29 heavy (non-hydrogen) atoms. The van der Waals surface area contributed by atoms with Crippen LogP contribution in [0.1, 0.15) is 27.7 Å². The van der Waals surface area contributed by atoms with Crippen molar-refractivity contribution in [1.29, 1.82) is 0 Å². The third-order valence-corrected chi connectivity index (χ3v) is 4.95. The van der Waals surface area contributed by atoms with E-state index in [1.54, 1.807) is 24.3 Å². The summed E-state index contributed by atoms with van der Waals surface area (Å²) >= 11 is 1.27. The molecule has 1 heterocycles. The first-order valence-electron chi connectivity index (χ1n) is 8.83. The van der Waals surface area contributed by atoms with Gasteiger partial charge in [-0.05, 0) is 24.3 Å². The minimum Gasteiger partial charge on any atom is -0.476 e. The van der Waals surface area contributed by atoms with Gasteiger partial charge in [0, 0.05) is 39.1 Å². The maximum atomic E-state index is 11.6. The van der Waals surface area contributed by atoms with Crippen molar-refractivity contribution in [3.63, 3.8) is 0 Å². The summed E-state index contributed by atoms with van der Waals surface area (Å²) < 4.78 is 21.9. The maximum absolute atomic E-state index is 11.6. The van der Waals surface area contributed by atoms with Crippen molar-refractivity contribution in [2.24, 2.45) is 0 Å². The van der Waals surface area contributed by atoms with Crippen LogP contribution >= 0.6 is 11.8 Å². The molecule has 10 heteroatoms. The molecule has 0 aliphatic carbocycles. The molecule has 0 aromatic heterocycles. The summed E-state index contributed by atoms with van der Waals surface area (Å²) in [6.45, 7) is 5.09. The van der Waals surface area contributed by atoms with E-state index in [4.69, 9.17) is 18.9 Å². The van der Waals surface area contributed by atoms with E-state index in [0.717, 1.165) is 0 Å². The Hall–Kier alpha value is -2.75. The van der Waals surface area contributed by atoms with E-state index in [1.165, 1.54) is 39.5 Å². The fraction of sp³-hybridized carbons (Fsp3) is 0.474. The lowest BCUT2D eigenvalue weighted by Crippen LogP contribution is -2.55. The number of benzene rings is 1. The van der Waals surface area contributed by atoms with Crippen molar-refractivity contribution in [1.82, 2.24) is 0 Å². The lowest BCUT2D eigenvalue weighted by Gasteiger charge is -2.39. The highest BCUT2D eigenvalue weighted by Crippen LogP contribution is 2.34. The van der Waals surface area contributed by atoms with Crippen LogP contribution in [0, 0.1) is 0 Å². The first-order valence-corrected chi connectivity index (χ1v) is 9.88. The van der Waals surface area contributed by atoms with Gasteiger partial charge in [-0.25, -0.2) is 0 Å². The second-order valence-corrected chi connectivity index (χ2v) is 7.45. The molecule has 1 aliphatic rings. The Morgan fingerprint density at radius 3 is 1.93 bits per heavy atom. The van der Waals surface area contributed by atoms with Gasteiger partial charge >= 0.3 is 17.9 Å². The molecule has 1 amide bonds. The normalized spacial score (nSPS) is 23.4. The molecule has 1 aromatic carbocycles. The van der Waals surface area contributed by atoms with E-state index in [9.17, 15) is 19.2 Å². The van der Waals surface area contributed by atoms with Gasteiger partial charge in [-0.2, -0.15) is 0 Å². The molecule has 0 radical (unpaired) electrons. The number of rotatable bonds is 6. The second-order valence-electron chi connectivity index (χ2n) is 6.32. The van der Waals surface area contributed by atoms with Crippen LogP contribution in [0.2, 0.25) is 0 Å². The van der Waals surface area contributed by atoms with E-state index in [0.29, 0.717) is 11.4 Å². The summed E-state index contributed by atoms with van der Waals surface area (Å²) in [5, 5.41) is 2.65. The molecule has 0 spiro atoms. The average molecular weight is 425 g/mol. The van der Waals surface area contributed by atoms with Gasteiger partial charge in [0.1, 0.15) is 5.75 Å². The van der Waals surface area contributed by atoms with Gasteiger partial charge in [0.05, 0.1) is 0 Å². The molecule has 9 nitrogen and oxygen atoms in total. The van der Waals surface area contributed by atoms with Crippen molar-refractivity contribution in [2.75, 3.05) is 11.1 Å². The van der Waals surface area contributed by atoms with Gasteiger partial charge in [0.2, 0.25) is 5.91 Å². The summed E-state index contributed by atoms with van der Waals surface area (Å²) in [7, 11) is 0. The van der Waals surface area contributed by atoms with Crippen molar-refractivity contribution in [3.8, 4) is 5.75 Å². The lowest BCUT2D eigenvalue weighted by molar-refractivity contribution is -0.186. The highest BCUT2D eigenvalue weighted by atomic mass is 32.2. The quantitative estimate of drug-likeness (QED) is 0.538. The van der Waals surface area contributed by atoms with Crippen molar-refractivity contribution in [2.45, 2.75) is 51.4 Å². The Labute approximate surface area is 172 Å². The van der Waals surface area contributed by atoms with Gasteiger partial charge in [-0.3, -0.25) is 19.2 Å². The number of carbonyl (C=O) groups is 4. The smallest absolute Gasteiger partial charge is 0.303 e. The molecule has 1 saturated heterocycles. The van der Waals surface area contributed by atoms with Gasteiger partial charge in [0.15, 0.2) is 23.7 Å². The molecule has 0 saturated carbocycles. The Bertz CT molecular complexity index is 766. The minimum absolute atomic E-state index is 0.197. The largest absolute Gasteiger partial charge is 0.476 e. The van der Waals surface area contributed by atoms with Crippen molar-refractivity contribution in [3.05, 3.63) is 24.3 Å². The molecular formula is C19H23NO8S. The van der Waals surface area contributed by atoms with E-state index >= 15 is 0 Å². The molecule has 2 rings (SSSR count). The first-order chi connectivity index (χ1) is 13.7. The Kier molecular flexibility index (Phi) is 7.89. The molecule has 158 valence electrons. The Morgan fingerprint density at radius 2 is 1.41 bits per heavy atom. The van der Waals surface area contributed by atoms with Crippen LogP contribution in [0.25, 0.3) is 0 Å². The predicted octanol–water partition coefficient (Wildman–Crippen LogP) is 1.89. The van der Waals surface area contributed by atoms with Crippen molar-refractivity contribution >= 4 is 41.3 Å². The predicted molar refractivity (Wildman–Crippen MR) is 104 cm³/mol. The number of anilines is 1. The zero-order valence-corrected chi connectivity index (χ0v) is 17.3. The molecule has 0 bridgehead atoms. The highest BCUT2D eigenvalue weighted by molar-refractivity contribution is 7.99. The van der Waals surface area contributed by atoms with Crippen LogP contribution in [0.5, 0.6) is 5.75 Å². The maximum Gasteiger partial charge on any atom is 0.303 e. The first kappa shape index (κ1) is 22.5. The standard InChI is InChI=1S/C19H23NO8S/c1-10(21)20-14-5-7-15(8-6-14)28-19-18(27-13(4)24)17(26-12(3)23)16(9-29-19)25-11(2)22/h5-8,16-19H,9H2,1-4H3,(H,20,21)/t16-,17+,18-,19-/m1/s1. The number of thioether (sulfide) groups is 1. The summed E-state index contributed by atoms with van der Waals surface area (Å²) in [6.07, 6.45) is -2.78. The van der Waals surface area contributed by atoms with Gasteiger partial charge in [0.25, 0.3) is 0 Å². The molecule has 0 unspecified atom stereocenters. The zero-order valence-electron chi connectivity index (χ0n) is 16.5. The summed E-state index contributed by atoms with van der Waals surface area (Å²) in [4.78, 5) is 45.8. The summed E-state index contributed by atoms with van der Waals surface area (Å²) in [6, 6.07) is 6.62. The van der Waals surface area contributed by atoms with Crippen LogP contribution < -0.4 is 10.1 Å². The number of hydrogen-bond donors (Lipinski definition) is 1. The molecule has 1 N–H and O–H groups in total. The summed E-state index contributed by atoms with van der Waals surface area (Å²) in [5.74, 6) is -1.19. The van der Waals surface area contributed by atoms with Crippen LogP contribution in [0.3, 0.4) is 0 Å². The third-order valence-electron chi connectivity index (χ3n) is 3.73. The van der Waals surface area contributed by atoms with Crippen LogP contribution in [-0.4, -0.2) is 53.3 Å². The van der Waals surface area contributed by atoms with E-state index in [-0.39, 0.29) is 11.7 Å². The van der Waals surface area contributed by atoms with E-state index in [1.807, 2.05) is 0 Å². The number of esters is 3. The number of carbonyl (C=O) groups excluding carboxylic acids is 4. The van der Waals surface area contributed by atoms with Crippen molar-refractivity contribution < 1.29 is 38.1 Å². The zero-order chi connectivity index (χ0) is 21.6. The third kappa shape index (κ3) is 6.97. The van der Waals surface area contributed by atoms with Crippen LogP contribution in [-0.2, 0) is 33.4 Å². The summed E-state index contributed by atoms with van der Waals surface area (Å²) in [5.41, 5.74) is -0.105. The van der Waals surface area contributed by atoms with E-state index < -0.39 is 41.7 Å².